The van der Waals surface area contributed by atoms with Gasteiger partial charge >= 0.3 is 0 Å². The van der Waals surface area contributed by atoms with Crippen molar-refractivity contribution in [1.82, 2.24) is 10.1 Å². The normalized spacial score (nSPS) is 10.8. The Kier molecular flexibility index (Phi) is 5.63. The van der Waals surface area contributed by atoms with Gasteiger partial charge in [0, 0.05) is 29.4 Å². The summed E-state index contributed by atoms with van der Waals surface area (Å²) >= 11 is 6.21. The van der Waals surface area contributed by atoms with E-state index in [0.717, 1.165) is 22.3 Å². The smallest absolute Gasteiger partial charge is 0.247 e. The highest BCUT2D eigenvalue weighted by Crippen LogP contribution is 2.42. The molecule has 0 saturated carbocycles. The molecular formula is C24H20ClN3O2. The number of amides is 1. The Morgan fingerprint density at radius 1 is 1.03 bits per heavy atom. The summed E-state index contributed by atoms with van der Waals surface area (Å²) in [4.78, 5) is 18.6. The van der Waals surface area contributed by atoms with Crippen LogP contribution in [0.2, 0.25) is 5.02 Å². The number of halogens is 1. The number of pyridine rings is 1. The van der Waals surface area contributed by atoms with E-state index in [9.17, 15) is 4.79 Å². The fourth-order valence-electron chi connectivity index (χ4n) is 3.35. The topological polar surface area (TPSA) is 59.2 Å². The third-order valence-corrected chi connectivity index (χ3v) is 4.99. The summed E-state index contributed by atoms with van der Waals surface area (Å²) in [6.07, 6.45) is 3.71. The van der Waals surface area contributed by atoms with Crippen molar-refractivity contribution in [3.63, 3.8) is 0 Å². The van der Waals surface area contributed by atoms with Gasteiger partial charge in [-0.1, -0.05) is 53.5 Å². The zero-order chi connectivity index (χ0) is 21.1. The Bertz CT molecular complexity index is 1190. The summed E-state index contributed by atoms with van der Waals surface area (Å²) in [5, 5.41) is 4.90. The number of benzene rings is 2. The molecule has 0 atom stereocenters. The van der Waals surface area contributed by atoms with Gasteiger partial charge in [0.25, 0.3) is 0 Å². The van der Waals surface area contributed by atoms with Gasteiger partial charge < -0.3 is 4.52 Å². The fraction of sp³-hybridized carbons (Fsp3) is 0.125. The molecule has 0 bridgehead atoms. The lowest BCUT2D eigenvalue weighted by Gasteiger charge is -2.21. The molecule has 0 fully saturated rings. The number of carbonyl (C=O) groups excluding carboxylic acids is 1. The van der Waals surface area contributed by atoms with Crippen LogP contribution in [-0.2, 0) is 4.79 Å². The Morgan fingerprint density at radius 3 is 2.50 bits per heavy atom. The van der Waals surface area contributed by atoms with Crippen LogP contribution in [0.3, 0.4) is 0 Å². The number of hydrogen-bond donors (Lipinski definition) is 0. The van der Waals surface area contributed by atoms with Gasteiger partial charge in [0.1, 0.15) is 5.69 Å². The molecule has 30 heavy (non-hydrogen) atoms. The quantitative estimate of drug-likeness (QED) is 0.375. The zero-order valence-electron chi connectivity index (χ0n) is 16.7. The van der Waals surface area contributed by atoms with Crippen molar-refractivity contribution in [2.45, 2.75) is 20.3 Å². The SMILES string of the molecule is CCC(=O)N(c1cccc(Cl)c1)c1onc(-c2cccc(C)c2)c1-c1ccncc1. The monoisotopic (exact) mass is 417 g/mol. The minimum absolute atomic E-state index is 0.125. The van der Waals surface area contributed by atoms with Crippen LogP contribution >= 0.6 is 11.6 Å². The molecule has 4 aromatic rings. The Balaban J connectivity index is 1.98. The third kappa shape index (κ3) is 3.84. The first-order chi connectivity index (χ1) is 14.6. The Labute approximate surface area is 179 Å². The minimum Gasteiger partial charge on any atom is -0.337 e. The Morgan fingerprint density at radius 2 is 1.80 bits per heavy atom. The standard InChI is InChI=1S/C24H20ClN3O2/c1-3-21(29)28(20-9-5-8-19(25)15-20)24-22(17-10-12-26-13-11-17)23(27-30-24)18-7-4-6-16(2)14-18/h4-15H,3H2,1-2H3. The first-order valence-electron chi connectivity index (χ1n) is 9.64. The van der Waals surface area contributed by atoms with Crippen LogP contribution in [0.15, 0.2) is 77.6 Å². The van der Waals surface area contributed by atoms with Gasteiger partial charge in [-0.25, -0.2) is 4.90 Å². The number of hydrogen-bond acceptors (Lipinski definition) is 4. The molecular weight excluding hydrogens is 398 g/mol. The van der Waals surface area contributed by atoms with Gasteiger partial charge in [-0.15, -0.1) is 0 Å². The van der Waals surface area contributed by atoms with Gasteiger partial charge in [-0.05, 0) is 48.9 Å². The van der Waals surface area contributed by atoms with Crippen molar-refractivity contribution in [2.24, 2.45) is 0 Å². The van der Waals surface area contributed by atoms with Crippen molar-refractivity contribution in [2.75, 3.05) is 4.90 Å². The van der Waals surface area contributed by atoms with Gasteiger partial charge in [-0.3, -0.25) is 9.78 Å². The molecule has 0 radical (unpaired) electrons. The first kappa shape index (κ1) is 19.9. The van der Waals surface area contributed by atoms with Crippen LogP contribution in [0.5, 0.6) is 0 Å². The van der Waals surface area contributed by atoms with E-state index in [4.69, 9.17) is 16.1 Å². The van der Waals surface area contributed by atoms with E-state index < -0.39 is 0 Å². The molecule has 4 rings (SSSR count). The van der Waals surface area contributed by atoms with Crippen LogP contribution in [-0.4, -0.2) is 16.0 Å². The van der Waals surface area contributed by atoms with E-state index in [0.29, 0.717) is 28.7 Å². The molecule has 6 heteroatoms. The molecule has 1 amide bonds. The summed E-state index contributed by atoms with van der Waals surface area (Å²) < 4.78 is 5.82. The summed E-state index contributed by atoms with van der Waals surface area (Å²) in [7, 11) is 0. The largest absolute Gasteiger partial charge is 0.337 e. The highest BCUT2D eigenvalue weighted by Gasteiger charge is 2.28. The Hall–Kier alpha value is -3.44. The molecule has 2 heterocycles. The molecule has 0 N–H and O–H groups in total. The van der Waals surface area contributed by atoms with Gasteiger partial charge in [0.15, 0.2) is 0 Å². The minimum atomic E-state index is -0.125. The average Bonchev–Trinajstić information content (AvgIpc) is 3.19. The highest BCUT2D eigenvalue weighted by molar-refractivity contribution is 6.31. The van der Waals surface area contributed by atoms with E-state index in [2.05, 4.69) is 10.1 Å². The number of aryl methyl sites for hydroxylation is 1. The van der Waals surface area contributed by atoms with Crippen molar-refractivity contribution < 1.29 is 9.32 Å². The van der Waals surface area contributed by atoms with E-state index in [1.165, 1.54) is 4.90 Å². The molecule has 0 spiro atoms. The number of rotatable bonds is 5. The summed E-state index contributed by atoms with van der Waals surface area (Å²) in [5.74, 6) is 0.228. The van der Waals surface area contributed by atoms with Gasteiger partial charge in [0.05, 0.1) is 11.3 Å². The molecule has 150 valence electrons. The van der Waals surface area contributed by atoms with E-state index >= 15 is 0 Å². The lowest BCUT2D eigenvalue weighted by molar-refractivity contribution is -0.117. The van der Waals surface area contributed by atoms with E-state index in [1.54, 1.807) is 30.6 Å². The summed E-state index contributed by atoms with van der Waals surface area (Å²) in [6.45, 7) is 3.83. The van der Waals surface area contributed by atoms with Crippen LogP contribution < -0.4 is 4.90 Å². The summed E-state index contributed by atoms with van der Waals surface area (Å²) in [5.41, 5.74) is 4.88. The second-order valence-electron chi connectivity index (χ2n) is 6.88. The average molecular weight is 418 g/mol. The lowest BCUT2D eigenvalue weighted by atomic mass is 10.00. The lowest BCUT2D eigenvalue weighted by Crippen LogP contribution is -2.25. The fourth-order valence-corrected chi connectivity index (χ4v) is 3.53. The molecule has 2 aromatic carbocycles. The number of carbonyl (C=O) groups is 1. The number of aromatic nitrogens is 2. The molecule has 0 aliphatic rings. The molecule has 0 aliphatic carbocycles. The third-order valence-electron chi connectivity index (χ3n) is 4.76. The first-order valence-corrected chi connectivity index (χ1v) is 10.0. The zero-order valence-corrected chi connectivity index (χ0v) is 17.4. The molecule has 2 aromatic heterocycles. The second kappa shape index (κ2) is 8.51. The van der Waals surface area contributed by atoms with Crippen molar-refractivity contribution >= 4 is 29.1 Å². The molecule has 0 unspecified atom stereocenters. The maximum absolute atomic E-state index is 13.0. The maximum Gasteiger partial charge on any atom is 0.247 e. The summed E-state index contributed by atoms with van der Waals surface area (Å²) in [6, 6.07) is 18.9. The van der Waals surface area contributed by atoms with Gasteiger partial charge in [-0.2, -0.15) is 0 Å². The van der Waals surface area contributed by atoms with Crippen LogP contribution in [0, 0.1) is 6.92 Å². The van der Waals surface area contributed by atoms with Gasteiger partial charge in [0.2, 0.25) is 11.8 Å². The molecule has 5 nitrogen and oxygen atoms in total. The molecule has 0 aliphatic heterocycles. The number of anilines is 2. The van der Waals surface area contributed by atoms with E-state index in [-0.39, 0.29) is 5.91 Å². The number of nitrogens with zero attached hydrogens (tertiary/aromatic N) is 3. The van der Waals surface area contributed by atoms with Crippen molar-refractivity contribution in [1.29, 1.82) is 0 Å². The maximum atomic E-state index is 13.0. The predicted octanol–water partition coefficient (Wildman–Crippen LogP) is 6.44. The van der Waals surface area contributed by atoms with Crippen molar-refractivity contribution in [3.05, 3.63) is 83.6 Å². The highest BCUT2D eigenvalue weighted by atomic mass is 35.5. The van der Waals surface area contributed by atoms with Crippen LogP contribution in [0.1, 0.15) is 18.9 Å². The van der Waals surface area contributed by atoms with Crippen LogP contribution in [0.4, 0.5) is 11.6 Å². The van der Waals surface area contributed by atoms with Crippen LogP contribution in [0.25, 0.3) is 22.4 Å². The second-order valence-corrected chi connectivity index (χ2v) is 7.32. The van der Waals surface area contributed by atoms with E-state index in [1.807, 2.05) is 56.3 Å². The van der Waals surface area contributed by atoms with Crippen molar-refractivity contribution in [3.8, 4) is 22.4 Å². The predicted molar refractivity (Wildman–Crippen MR) is 119 cm³/mol. The molecule has 0 saturated heterocycles.